The molecular weight excluding hydrogens is 214 g/mol. The van der Waals surface area contributed by atoms with Crippen molar-refractivity contribution in [3.05, 3.63) is 0 Å². The molecule has 2 heterocycles. The number of halogens is 2. The summed E-state index contributed by atoms with van der Waals surface area (Å²) in [6.45, 7) is 5.98. The molecule has 2 aliphatic heterocycles. The summed E-state index contributed by atoms with van der Waals surface area (Å²) in [5.74, 6) is -2.51. The van der Waals surface area contributed by atoms with E-state index in [1.165, 1.54) is 0 Å². The highest BCUT2D eigenvalue weighted by Gasteiger charge is 2.40. The highest BCUT2D eigenvalue weighted by atomic mass is 19.3. The van der Waals surface area contributed by atoms with Gasteiger partial charge in [0.25, 0.3) is 5.92 Å². The summed E-state index contributed by atoms with van der Waals surface area (Å²) in [6.07, 6.45) is -0.0368. The van der Waals surface area contributed by atoms with Crippen LogP contribution in [0.4, 0.5) is 8.78 Å². The quantitative estimate of drug-likeness (QED) is 0.800. The third-order valence-corrected chi connectivity index (χ3v) is 2.95. The fraction of sp³-hybridized carbons (Fsp3) is 1.00. The predicted molar refractivity (Wildman–Crippen MR) is 59.9 cm³/mol. The molecule has 16 heavy (non-hydrogen) atoms. The third-order valence-electron chi connectivity index (χ3n) is 2.95. The van der Waals surface area contributed by atoms with Gasteiger partial charge in [-0.15, -0.1) is 0 Å². The van der Waals surface area contributed by atoms with Crippen LogP contribution >= 0.6 is 0 Å². The fourth-order valence-corrected chi connectivity index (χ4v) is 1.90. The second-order valence-corrected chi connectivity index (χ2v) is 4.27. The number of hydrogen-bond donors (Lipinski definition) is 1. The Morgan fingerprint density at radius 1 is 1.38 bits per heavy atom. The van der Waals surface area contributed by atoms with E-state index in [0.717, 1.165) is 13.2 Å². The maximum atomic E-state index is 12.8. The van der Waals surface area contributed by atoms with Crippen LogP contribution in [0.2, 0.25) is 0 Å². The van der Waals surface area contributed by atoms with Crippen LogP contribution in [0.1, 0.15) is 20.3 Å². The molecule has 0 aromatic carbocycles. The highest BCUT2D eigenvalue weighted by Crippen LogP contribution is 2.25. The Labute approximate surface area is 96.1 Å². The molecule has 0 radical (unpaired) electrons. The maximum absolute atomic E-state index is 12.8. The zero-order chi connectivity index (χ0) is 12.2. The van der Waals surface area contributed by atoms with Crippen molar-refractivity contribution >= 4 is 0 Å². The molecular formula is C11H22F2N2O. The van der Waals surface area contributed by atoms with Gasteiger partial charge in [-0.2, -0.15) is 0 Å². The number of rotatable bonds is 3. The minimum absolute atomic E-state index is 0.0368. The molecule has 96 valence electrons. The molecule has 0 aliphatic carbocycles. The summed E-state index contributed by atoms with van der Waals surface area (Å²) in [7, 11) is 1.96. The average Bonchev–Trinajstić information content (AvgIpc) is 2.45. The number of nitrogens with zero attached hydrogens (tertiary/aromatic N) is 1. The maximum Gasteiger partial charge on any atom is 0.261 e. The van der Waals surface area contributed by atoms with E-state index < -0.39 is 5.92 Å². The van der Waals surface area contributed by atoms with Crippen LogP contribution in [0.25, 0.3) is 0 Å². The third kappa shape index (κ3) is 3.64. The molecule has 2 fully saturated rings. The van der Waals surface area contributed by atoms with Gasteiger partial charge in [-0.3, -0.25) is 4.90 Å². The minimum Gasteiger partial charge on any atom is -0.378 e. The Morgan fingerprint density at radius 2 is 2.00 bits per heavy atom. The van der Waals surface area contributed by atoms with E-state index in [9.17, 15) is 8.78 Å². The Bertz CT molecular complexity index is 210. The van der Waals surface area contributed by atoms with Gasteiger partial charge in [0.2, 0.25) is 0 Å². The van der Waals surface area contributed by atoms with Crippen LogP contribution in [-0.4, -0.2) is 56.3 Å². The first-order chi connectivity index (χ1) is 7.57. The second kappa shape index (κ2) is 5.89. The molecule has 2 aliphatic rings. The fourth-order valence-electron chi connectivity index (χ4n) is 1.90. The lowest BCUT2D eigenvalue weighted by atomic mass is 10.1. The SMILES string of the molecule is CC.CN(CC1CC(F)(F)CN1)C1COC1. The first-order valence-electron chi connectivity index (χ1n) is 5.96. The van der Waals surface area contributed by atoms with Gasteiger partial charge in [0.15, 0.2) is 0 Å². The zero-order valence-corrected chi connectivity index (χ0v) is 10.3. The van der Waals surface area contributed by atoms with Crippen LogP contribution in [0.5, 0.6) is 0 Å². The summed E-state index contributed by atoms with van der Waals surface area (Å²) in [4.78, 5) is 2.10. The lowest BCUT2D eigenvalue weighted by Crippen LogP contribution is -2.50. The van der Waals surface area contributed by atoms with Crippen molar-refractivity contribution in [2.75, 3.05) is 33.4 Å². The molecule has 1 atom stereocenters. The average molecular weight is 236 g/mol. The zero-order valence-electron chi connectivity index (χ0n) is 10.3. The van der Waals surface area contributed by atoms with Gasteiger partial charge in [-0.05, 0) is 7.05 Å². The van der Waals surface area contributed by atoms with E-state index in [1.54, 1.807) is 0 Å². The molecule has 5 heteroatoms. The van der Waals surface area contributed by atoms with Crippen molar-refractivity contribution in [3.63, 3.8) is 0 Å². The summed E-state index contributed by atoms with van der Waals surface area (Å²) < 4.78 is 30.7. The Kier molecular flexibility index (Phi) is 5.08. The predicted octanol–water partition coefficient (Wildman–Crippen LogP) is 1.34. The van der Waals surface area contributed by atoms with Crippen molar-refractivity contribution in [1.29, 1.82) is 0 Å². The van der Waals surface area contributed by atoms with Crippen molar-refractivity contribution in [2.45, 2.75) is 38.3 Å². The molecule has 0 amide bonds. The first kappa shape index (κ1) is 13.8. The number of hydrogen-bond acceptors (Lipinski definition) is 3. The second-order valence-electron chi connectivity index (χ2n) is 4.27. The van der Waals surface area contributed by atoms with Crippen LogP contribution in [0, 0.1) is 0 Å². The molecule has 2 rings (SSSR count). The van der Waals surface area contributed by atoms with Crippen LogP contribution in [0.15, 0.2) is 0 Å². The van der Waals surface area contributed by atoms with Gasteiger partial charge in [0.05, 0.1) is 25.8 Å². The molecule has 0 saturated carbocycles. The number of alkyl halides is 2. The van der Waals surface area contributed by atoms with Crippen molar-refractivity contribution < 1.29 is 13.5 Å². The van der Waals surface area contributed by atoms with Gasteiger partial charge in [0.1, 0.15) is 0 Å². The van der Waals surface area contributed by atoms with Gasteiger partial charge in [0, 0.05) is 19.0 Å². The monoisotopic (exact) mass is 236 g/mol. The summed E-state index contributed by atoms with van der Waals surface area (Å²) in [5, 5.41) is 2.85. The Hall–Kier alpha value is -0.260. The lowest BCUT2D eigenvalue weighted by Gasteiger charge is -2.35. The highest BCUT2D eigenvalue weighted by molar-refractivity contribution is 4.90. The van der Waals surface area contributed by atoms with Crippen LogP contribution in [0.3, 0.4) is 0 Å². The summed E-state index contributed by atoms with van der Waals surface area (Å²) >= 11 is 0. The lowest BCUT2D eigenvalue weighted by molar-refractivity contribution is -0.0586. The van der Waals surface area contributed by atoms with Crippen LogP contribution in [-0.2, 0) is 4.74 Å². The smallest absolute Gasteiger partial charge is 0.261 e. The number of nitrogens with one attached hydrogen (secondary N) is 1. The van der Waals surface area contributed by atoms with E-state index in [0.29, 0.717) is 12.6 Å². The molecule has 0 aromatic heterocycles. The standard InChI is InChI=1S/C9H16F2N2O.C2H6/c1-13(8-4-14-5-8)3-7-2-9(10,11)6-12-7;1-2/h7-8,12H,2-6H2,1H3;1-2H3. The topological polar surface area (TPSA) is 24.5 Å². The Balaban J connectivity index is 0.000000606. The van der Waals surface area contributed by atoms with E-state index in [2.05, 4.69) is 10.2 Å². The van der Waals surface area contributed by atoms with Gasteiger partial charge < -0.3 is 10.1 Å². The largest absolute Gasteiger partial charge is 0.378 e. The van der Waals surface area contributed by atoms with Crippen molar-refractivity contribution in [1.82, 2.24) is 10.2 Å². The van der Waals surface area contributed by atoms with Gasteiger partial charge in [-0.25, -0.2) is 8.78 Å². The van der Waals surface area contributed by atoms with Gasteiger partial charge in [-0.1, -0.05) is 13.8 Å². The normalized spacial score (nSPS) is 28.5. The Morgan fingerprint density at radius 3 is 2.38 bits per heavy atom. The van der Waals surface area contributed by atoms with E-state index in [1.807, 2.05) is 20.9 Å². The molecule has 1 unspecified atom stereocenters. The van der Waals surface area contributed by atoms with E-state index >= 15 is 0 Å². The molecule has 0 aromatic rings. The van der Waals surface area contributed by atoms with Crippen molar-refractivity contribution in [3.8, 4) is 0 Å². The summed E-state index contributed by atoms with van der Waals surface area (Å²) in [5.41, 5.74) is 0. The van der Waals surface area contributed by atoms with Crippen LogP contribution < -0.4 is 5.32 Å². The molecule has 3 nitrogen and oxygen atoms in total. The van der Waals surface area contributed by atoms with E-state index in [4.69, 9.17) is 4.74 Å². The van der Waals surface area contributed by atoms with Gasteiger partial charge >= 0.3 is 0 Å². The van der Waals surface area contributed by atoms with Crippen molar-refractivity contribution in [2.24, 2.45) is 0 Å². The number of likely N-dealkylation sites (N-methyl/N-ethyl adjacent to an activating group) is 1. The molecule has 1 N–H and O–H groups in total. The van der Waals surface area contributed by atoms with E-state index in [-0.39, 0.29) is 19.0 Å². The molecule has 0 bridgehead atoms. The minimum atomic E-state index is -2.51. The first-order valence-corrected chi connectivity index (χ1v) is 5.96. The summed E-state index contributed by atoms with van der Waals surface area (Å²) in [6, 6.07) is 0.349. The molecule has 0 spiro atoms. The number of ether oxygens (including phenoxy) is 1. The molecule has 2 saturated heterocycles.